The smallest absolute Gasteiger partial charge is 0.319 e. The Bertz CT molecular complexity index is 2880. The fourth-order valence-electron chi connectivity index (χ4n) is 8.72. The van der Waals surface area contributed by atoms with Crippen molar-refractivity contribution in [3.63, 3.8) is 0 Å². The molecule has 3 heterocycles. The summed E-state index contributed by atoms with van der Waals surface area (Å²) in [6, 6.07) is 27.9. The van der Waals surface area contributed by atoms with Crippen molar-refractivity contribution in [3.05, 3.63) is 153 Å². The molecule has 0 aliphatic heterocycles. The van der Waals surface area contributed by atoms with Gasteiger partial charge in [0.2, 0.25) is 0 Å². The largest absolute Gasteiger partial charge is 0.504 e. The summed E-state index contributed by atoms with van der Waals surface area (Å²) in [7, 11) is 1.51. The minimum absolute atomic E-state index is 0.0808. The van der Waals surface area contributed by atoms with Gasteiger partial charge in [0.15, 0.2) is 11.6 Å². The number of amides is 2. The van der Waals surface area contributed by atoms with Gasteiger partial charge in [-0.05, 0) is 111 Å². The normalized spacial score (nSPS) is 13.1. The van der Waals surface area contributed by atoms with E-state index in [-0.39, 0.29) is 16.9 Å². The lowest BCUT2D eigenvalue weighted by Crippen LogP contribution is -2.59. The van der Waals surface area contributed by atoms with Crippen molar-refractivity contribution in [1.82, 2.24) is 19.1 Å². The molecule has 0 unspecified atom stereocenters. The highest BCUT2D eigenvalue weighted by molar-refractivity contribution is 6.51. The van der Waals surface area contributed by atoms with Crippen LogP contribution in [0.5, 0.6) is 11.5 Å². The molecule has 0 spiro atoms. The molecule has 62 heavy (non-hydrogen) atoms. The van der Waals surface area contributed by atoms with Crippen molar-refractivity contribution < 1.29 is 29.0 Å². The Morgan fingerprint density at radius 3 is 1.79 bits per heavy atom. The second-order valence-corrected chi connectivity index (χ2v) is 16.7. The van der Waals surface area contributed by atoms with Crippen LogP contribution >= 0.6 is 23.2 Å². The van der Waals surface area contributed by atoms with Gasteiger partial charge in [-0.2, -0.15) is 5.01 Å². The highest BCUT2D eigenvalue weighted by atomic mass is 35.5. The summed E-state index contributed by atoms with van der Waals surface area (Å²) in [6.07, 6.45) is 4.55. The molecule has 4 aromatic carbocycles. The second-order valence-electron chi connectivity index (χ2n) is 15.8. The summed E-state index contributed by atoms with van der Waals surface area (Å²) < 4.78 is 9.48. The van der Waals surface area contributed by atoms with Gasteiger partial charge in [0.05, 0.1) is 24.3 Å². The number of ketones is 2. The predicted octanol–water partition coefficient (Wildman–Crippen LogP) is 10.2. The average molecular weight is 871 g/mol. The van der Waals surface area contributed by atoms with Crippen molar-refractivity contribution in [2.75, 3.05) is 12.1 Å². The number of halogens is 2. The van der Waals surface area contributed by atoms with Crippen LogP contribution in [-0.2, 0) is 22.7 Å². The molecule has 2 amide bonds. The second kappa shape index (κ2) is 17.5. The summed E-state index contributed by atoms with van der Waals surface area (Å²) in [6.45, 7) is 6.21. The average Bonchev–Trinajstić information content (AvgIpc) is 3.70. The molecule has 1 saturated carbocycles. The number of hydrogen-bond donors (Lipinski definition) is 1. The summed E-state index contributed by atoms with van der Waals surface area (Å²) >= 11 is 12.4. The number of aryl methyl sites for hydroxylation is 1. The number of fused-ring (bicyclic) bond motifs is 2. The first-order chi connectivity index (χ1) is 29.9. The maximum Gasteiger partial charge on any atom is 0.319 e. The topological polar surface area (TPSA) is 127 Å². The minimum Gasteiger partial charge on any atom is -0.504 e. The number of aromatic nitrogens is 3. The van der Waals surface area contributed by atoms with Gasteiger partial charge in [-0.1, -0.05) is 78.4 Å². The molecule has 316 valence electrons. The highest BCUT2D eigenvalue weighted by Crippen LogP contribution is 2.36. The molecule has 0 atom stereocenters. The minimum atomic E-state index is -1.17. The fraction of sp³-hybridized carbons (Fsp3) is 0.245. The Hall–Kier alpha value is -6.43. The van der Waals surface area contributed by atoms with Crippen LogP contribution in [0, 0.1) is 20.8 Å². The van der Waals surface area contributed by atoms with Gasteiger partial charge in [-0.15, -0.1) is 0 Å². The third-order valence-corrected chi connectivity index (χ3v) is 12.4. The quantitative estimate of drug-likeness (QED) is 0.0779. The maximum absolute atomic E-state index is 15.3. The zero-order valence-electron chi connectivity index (χ0n) is 34.8. The summed E-state index contributed by atoms with van der Waals surface area (Å²) in [5, 5.41) is 15.5. The third-order valence-electron chi connectivity index (χ3n) is 11.9. The Morgan fingerprint density at radius 2 is 1.24 bits per heavy atom. The van der Waals surface area contributed by atoms with Gasteiger partial charge in [-0.25, -0.2) is 9.99 Å². The van der Waals surface area contributed by atoms with Gasteiger partial charge in [-0.3, -0.25) is 19.2 Å². The molecule has 0 bridgehead atoms. The van der Waals surface area contributed by atoms with E-state index in [9.17, 15) is 5.11 Å². The maximum atomic E-state index is 15.3. The first-order valence-electron chi connectivity index (χ1n) is 20.5. The van der Waals surface area contributed by atoms with E-state index < -0.39 is 35.2 Å². The monoisotopic (exact) mass is 869 g/mol. The molecule has 7 aromatic rings. The number of rotatable bonds is 11. The van der Waals surface area contributed by atoms with Crippen LogP contribution in [-0.4, -0.2) is 60.8 Å². The molecule has 1 aliphatic rings. The van der Waals surface area contributed by atoms with E-state index in [1.807, 2.05) is 64.6 Å². The SMILES string of the molecule is COc1ccc2c(c1)c(C(=O)C(=O)N(c1ncccc1O)N(C(=O)C(=O)c1c(C)n(Cc3ccc(Cl)cc3)c3ccc(C)cc13)C1CCCCC1)c(C)n2Cc1ccc(Cl)cc1. The molecule has 1 fully saturated rings. The van der Waals surface area contributed by atoms with Crippen LogP contribution in [0.15, 0.2) is 103 Å². The van der Waals surface area contributed by atoms with E-state index in [4.69, 9.17) is 27.9 Å². The number of benzene rings is 4. The molecule has 1 aliphatic carbocycles. The summed E-state index contributed by atoms with van der Waals surface area (Å²) in [4.78, 5) is 65.2. The van der Waals surface area contributed by atoms with Gasteiger partial charge in [0, 0.05) is 62.5 Å². The molecule has 11 nitrogen and oxygen atoms in total. The number of aromatic hydroxyl groups is 1. The Morgan fingerprint density at radius 1 is 0.710 bits per heavy atom. The lowest BCUT2D eigenvalue weighted by atomic mass is 9.94. The number of ether oxygens (including phenoxy) is 1. The Kier molecular flexibility index (Phi) is 11.9. The van der Waals surface area contributed by atoms with Crippen molar-refractivity contribution in [1.29, 1.82) is 0 Å². The van der Waals surface area contributed by atoms with Crippen molar-refractivity contribution in [3.8, 4) is 11.5 Å². The van der Waals surface area contributed by atoms with Crippen LogP contribution in [0.3, 0.4) is 0 Å². The lowest BCUT2D eigenvalue weighted by molar-refractivity contribution is -0.134. The highest BCUT2D eigenvalue weighted by Gasteiger charge is 2.43. The van der Waals surface area contributed by atoms with Gasteiger partial charge in [0.1, 0.15) is 5.75 Å². The number of carbonyl (C=O) groups is 4. The van der Waals surface area contributed by atoms with Crippen LogP contribution in [0.4, 0.5) is 5.82 Å². The molecular formula is C49H45Cl2N5O6. The Labute approximate surface area is 369 Å². The van der Waals surface area contributed by atoms with Crippen molar-refractivity contribution in [2.24, 2.45) is 0 Å². The Balaban J connectivity index is 1.27. The molecule has 8 rings (SSSR count). The zero-order chi connectivity index (χ0) is 43.8. The summed E-state index contributed by atoms with van der Waals surface area (Å²) in [5.41, 5.74) is 5.43. The van der Waals surface area contributed by atoms with E-state index >= 15 is 19.2 Å². The number of pyridine rings is 1. The predicted molar refractivity (Wildman–Crippen MR) is 242 cm³/mol. The van der Waals surface area contributed by atoms with Crippen LogP contribution < -0.4 is 9.75 Å². The number of Topliss-reactive ketones (excluding diaryl/α,β-unsaturated/α-hetero) is 2. The van der Waals surface area contributed by atoms with E-state index in [1.165, 1.54) is 25.4 Å². The van der Waals surface area contributed by atoms with Crippen LogP contribution in [0.25, 0.3) is 21.8 Å². The van der Waals surface area contributed by atoms with Crippen LogP contribution in [0.1, 0.15) is 80.9 Å². The molecule has 1 N–H and O–H groups in total. The lowest BCUT2D eigenvalue weighted by Gasteiger charge is -2.40. The van der Waals surface area contributed by atoms with Crippen molar-refractivity contribution >= 4 is 74.2 Å². The first kappa shape index (κ1) is 42.3. The number of nitrogens with zero attached hydrogens (tertiary/aromatic N) is 5. The molecule has 3 aromatic heterocycles. The van der Waals surface area contributed by atoms with E-state index in [0.717, 1.165) is 38.6 Å². The molecule has 0 radical (unpaired) electrons. The summed E-state index contributed by atoms with van der Waals surface area (Å²) in [5.74, 6) is -4.36. The molecule has 0 saturated heterocycles. The molecule has 13 heteroatoms. The van der Waals surface area contributed by atoms with E-state index in [2.05, 4.69) is 4.98 Å². The number of anilines is 1. The standard InChI is InChI=1S/C49H45Cl2N5O6/c1-29-12-22-40-38(25-29)43(30(2)53(40)27-32-13-17-34(50)18-14-32)45(58)48(60)55(36-9-6-5-7-10-36)56(47-42(57)11-8-24-52-47)49(61)46(59)44-31(3)54(28-33-15-19-35(51)20-16-33)41-23-21-37(62-4)26-39(41)44/h8,11-26,36,57H,5-7,9-10,27-28H2,1-4H3. The van der Waals surface area contributed by atoms with E-state index in [0.29, 0.717) is 82.2 Å². The van der Waals surface area contributed by atoms with Gasteiger partial charge in [0.25, 0.3) is 11.6 Å². The number of carbonyl (C=O) groups excluding carboxylic acids is 4. The van der Waals surface area contributed by atoms with Gasteiger partial charge < -0.3 is 19.0 Å². The van der Waals surface area contributed by atoms with Gasteiger partial charge >= 0.3 is 11.8 Å². The third kappa shape index (κ3) is 7.94. The number of hydrogen-bond acceptors (Lipinski definition) is 7. The first-order valence-corrected chi connectivity index (χ1v) is 21.3. The number of hydrazine groups is 1. The van der Waals surface area contributed by atoms with Crippen LogP contribution in [0.2, 0.25) is 10.0 Å². The zero-order valence-corrected chi connectivity index (χ0v) is 36.3. The van der Waals surface area contributed by atoms with E-state index in [1.54, 1.807) is 50.2 Å². The number of methoxy groups -OCH3 is 1. The fourth-order valence-corrected chi connectivity index (χ4v) is 8.97. The molecular weight excluding hydrogens is 825 g/mol. The van der Waals surface area contributed by atoms with Crippen molar-refractivity contribution in [2.45, 2.75) is 72.0 Å².